The smallest absolute Gasteiger partial charge is 0.253 e. The van der Waals surface area contributed by atoms with E-state index in [1.165, 1.54) is 28.2 Å². The van der Waals surface area contributed by atoms with Crippen molar-refractivity contribution in [3.63, 3.8) is 0 Å². The van der Waals surface area contributed by atoms with Gasteiger partial charge in [0.25, 0.3) is 5.91 Å². The predicted molar refractivity (Wildman–Crippen MR) is 131 cm³/mol. The van der Waals surface area contributed by atoms with E-state index in [0.717, 1.165) is 11.1 Å². The predicted octanol–water partition coefficient (Wildman–Crippen LogP) is 3.02. The Morgan fingerprint density at radius 3 is 2.48 bits per heavy atom. The minimum Gasteiger partial charge on any atom is -0.341 e. The SMILES string of the molecule is O=C(Cc1ccccc1)N[C@@H]1C(=O)N2C(C(=O)S)=C(c3nc(-c4ccccc4)ns3)CS[C@H]12. The first-order valence-electron chi connectivity index (χ1n) is 10.2. The average Bonchev–Trinajstić information content (AvgIpc) is 3.33. The van der Waals surface area contributed by atoms with Gasteiger partial charge in [-0.05, 0) is 17.1 Å². The molecule has 2 atom stereocenters. The summed E-state index contributed by atoms with van der Waals surface area (Å²) in [4.78, 5) is 43.9. The fourth-order valence-corrected chi connectivity index (χ4v) is 6.24. The number of aromatic nitrogens is 2. The fourth-order valence-electron chi connectivity index (χ4n) is 3.84. The molecule has 0 bridgehead atoms. The number of carbonyl (C=O) groups is 3. The molecule has 166 valence electrons. The molecule has 1 saturated heterocycles. The van der Waals surface area contributed by atoms with Crippen molar-refractivity contribution in [2.24, 2.45) is 0 Å². The molecular formula is C23H18N4O3S3. The molecule has 1 aromatic heterocycles. The van der Waals surface area contributed by atoms with Crippen molar-refractivity contribution < 1.29 is 14.4 Å². The Balaban J connectivity index is 1.36. The van der Waals surface area contributed by atoms with Gasteiger partial charge in [0.1, 0.15) is 22.1 Å². The number of fused-ring (bicyclic) bond motifs is 1. The van der Waals surface area contributed by atoms with Crippen LogP contribution in [0.3, 0.4) is 0 Å². The molecule has 1 N–H and O–H groups in total. The standard InChI is InChI=1S/C23H18N4O3S3/c28-16(11-13-7-3-1-4-8-13)24-17-21(29)27-18(23(30)31)15(12-32-22(17)27)20-25-19(26-33-20)14-9-5-2-6-10-14/h1-10,17,22H,11-12H2,(H,24,28)(H,30,31)/t17-,22-/m1/s1. The minimum atomic E-state index is -0.676. The number of hydrogen-bond acceptors (Lipinski definition) is 7. The molecule has 33 heavy (non-hydrogen) atoms. The summed E-state index contributed by atoms with van der Waals surface area (Å²) in [6, 6.07) is 18.2. The largest absolute Gasteiger partial charge is 0.341 e. The van der Waals surface area contributed by atoms with E-state index in [9.17, 15) is 14.4 Å². The highest BCUT2D eigenvalue weighted by atomic mass is 32.2. The molecule has 2 aromatic carbocycles. The van der Waals surface area contributed by atoms with Crippen LogP contribution in [-0.4, -0.2) is 48.4 Å². The van der Waals surface area contributed by atoms with E-state index in [4.69, 9.17) is 0 Å². The van der Waals surface area contributed by atoms with Crippen LogP contribution in [0.4, 0.5) is 0 Å². The maximum atomic E-state index is 12.9. The zero-order valence-corrected chi connectivity index (χ0v) is 19.7. The molecule has 3 heterocycles. The summed E-state index contributed by atoms with van der Waals surface area (Å²) in [5.41, 5.74) is 2.60. The van der Waals surface area contributed by atoms with E-state index in [1.54, 1.807) is 0 Å². The van der Waals surface area contributed by atoms with Crippen molar-refractivity contribution in [3.8, 4) is 11.4 Å². The number of hydrogen-bond donors (Lipinski definition) is 2. The second kappa shape index (κ2) is 9.12. The van der Waals surface area contributed by atoms with Gasteiger partial charge in [-0.15, -0.1) is 11.8 Å². The highest BCUT2D eigenvalue weighted by molar-refractivity contribution is 8.00. The number of rotatable bonds is 6. The maximum Gasteiger partial charge on any atom is 0.253 e. The summed E-state index contributed by atoms with van der Waals surface area (Å²) < 4.78 is 4.42. The fraction of sp³-hybridized carbons (Fsp3) is 0.174. The molecule has 0 saturated carbocycles. The third-order valence-corrected chi connectivity index (χ3v) is 7.68. The summed E-state index contributed by atoms with van der Waals surface area (Å²) in [6.45, 7) is 0. The Morgan fingerprint density at radius 1 is 1.09 bits per heavy atom. The lowest BCUT2D eigenvalue weighted by atomic mass is 10.0. The Kier molecular flexibility index (Phi) is 6.05. The lowest BCUT2D eigenvalue weighted by Crippen LogP contribution is -2.70. The molecule has 1 fully saturated rings. The van der Waals surface area contributed by atoms with Crippen LogP contribution in [0.5, 0.6) is 0 Å². The first-order chi connectivity index (χ1) is 16.0. The van der Waals surface area contributed by atoms with E-state index in [2.05, 4.69) is 27.3 Å². The molecule has 0 radical (unpaired) electrons. The summed E-state index contributed by atoms with van der Waals surface area (Å²) in [5, 5.41) is 2.54. The van der Waals surface area contributed by atoms with Gasteiger partial charge in [0.05, 0.1) is 6.42 Å². The first-order valence-corrected chi connectivity index (χ1v) is 12.4. The van der Waals surface area contributed by atoms with E-state index in [1.807, 2.05) is 60.7 Å². The quantitative estimate of drug-likeness (QED) is 0.404. The number of amides is 2. The number of β-lactam (4-membered cyclic amide) rings is 1. The molecule has 10 heteroatoms. The van der Waals surface area contributed by atoms with Crippen LogP contribution >= 0.6 is 35.9 Å². The second-order valence-electron chi connectivity index (χ2n) is 7.54. The lowest BCUT2D eigenvalue weighted by Gasteiger charge is -2.49. The van der Waals surface area contributed by atoms with Gasteiger partial charge < -0.3 is 5.32 Å². The molecule has 0 spiro atoms. The van der Waals surface area contributed by atoms with Gasteiger partial charge in [0, 0.05) is 16.9 Å². The summed E-state index contributed by atoms with van der Waals surface area (Å²) in [7, 11) is 0. The number of nitrogens with one attached hydrogen (secondary N) is 1. The van der Waals surface area contributed by atoms with Gasteiger partial charge in [0.15, 0.2) is 5.82 Å². The second-order valence-corrected chi connectivity index (χ2v) is 9.80. The zero-order chi connectivity index (χ0) is 22.9. The minimum absolute atomic E-state index is 0.189. The Hall–Kier alpha value is -2.95. The van der Waals surface area contributed by atoms with Crippen molar-refractivity contribution in [2.75, 3.05) is 5.75 Å². The van der Waals surface area contributed by atoms with Gasteiger partial charge in [-0.3, -0.25) is 19.3 Å². The number of benzene rings is 2. The van der Waals surface area contributed by atoms with E-state index in [-0.39, 0.29) is 29.3 Å². The Labute approximate surface area is 203 Å². The third-order valence-electron chi connectivity index (χ3n) is 5.41. The molecule has 2 amide bonds. The number of thioether (sulfide) groups is 1. The summed E-state index contributed by atoms with van der Waals surface area (Å²) in [5.74, 6) is 0.480. The molecule has 7 nitrogen and oxygen atoms in total. The molecule has 5 rings (SSSR count). The van der Waals surface area contributed by atoms with Crippen molar-refractivity contribution in [3.05, 3.63) is 76.9 Å². The lowest BCUT2D eigenvalue weighted by molar-refractivity contribution is -0.146. The van der Waals surface area contributed by atoms with Gasteiger partial charge >= 0.3 is 0 Å². The van der Waals surface area contributed by atoms with Gasteiger partial charge in [-0.2, -0.15) is 4.37 Å². The molecule has 3 aromatic rings. The van der Waals surface area contributed by atoms with Crippen LogP contribution in [-0.2, 0) is 20.8 Å². The summed E-state index contributed by atoms with van der Waals surface area (Å²) >= 11 is 6.71. The molecule has 0 unspecified atom stereocenters. The number of nitrogens with zero attached hydrogens (tertiary/aromatic N) is 3. The van der Waals surface area contributed by atoms with Crippen LogP contribution in [0.25, 0.3) is 17.0 Å². The van der Waals surface area contributed by atoms with Crippen LogP contribution < -0.4 is 5.32 Å². The molecule has 2 aliphatic rings. The van der Waals surface area contributed by atoms with E-state index >= 15 is 0 Å². The van der Waals surface area contributed by atoms with Crippen molar-refractivity contribution in [1.29, 1.82) is 0 Å². The molecule has 0 aliphatic carbocycles. The maximum absolute atomic E-state index is 12.9. The van der Waals surface area contributed by atoms with Crippen molar-refractivity contribution in [1.82, 2.24) is 19.6 Å². The van der Waals surface area contributed by atoms with E-state index < -0.39 is 11.2 Å². The normalized spacial score (nSPS) is 19.7. The van der Waals surface area contributed by atoms with Crippen LogP contribution in [0, 0.1) is 0 Å². The third kappa shape index (κ3) is 4.21. The van der Waals surface area contributed by atoms with Crippen LogP contribution in [0.1, 0.15) is 10.6 Å². The van der Waals surface area contributed by atoms with Gasteiger partial charge in [-0.1, -0.05) is 73.3 Å². The van der Waals surface area contributed by atoms with Crippen molar-refractivity contribution >= 4 is 58.4 Å². The summed E-state index contributed by atoms with van der Waals surface area (Å²) in [6.07, 6.45) is 0.189. The molecular weight excluding hydrogens is 476 g/mol. The number of carbonyl (C=O) groups excluding carboxylic acids is 3. The highest BCUT2D eigenvalue weighted by Crippen LogP contribution is 2.44. The van der Waals surface area contributed by atoms with Crippen LogP contribution in [0.2, 0.25) is 0 Å². The first kappa shape index (κ1) is 21.9. The van der Waals surface area contributed by atoms with Gasteiger partial charge in [0.2, 0.25) is 11.0 Å². The monoisotopic (exact) mass is 494 g/mol. The molecule has 2 aliphatic heterocycles. The topological polar surface area (TPSA) is 92.3 Å². The Morgan fingerprint density at radius 2 is 1.79 bits per heavy atom. The average molecular weight is 495 g/mol. The van der Waals surface area contributed by atoms with Crippen LogP contribution in [0.15, 0.2) is 66.4 Å². The Bertz CT molecular complexity index is 1260. The number of thiol groups is 1. The van der Waals surface area contributed by atoms with Gasteiger partial charge in [-0.25, -0.2) is 4.98 Å². The highest BCUT2D eigenvalue weighted by Gasteiger charge is 2.54. The van der Waals surface area contributed by atoms with E-state index in [0.29, 0.717) is 22.2 Å². The van der Waals surface area contributed by atoms with Crippen molar-refractivity contribution in [2.45, 2.75) is 17.8 Å². The zero-order valence-electron chi connectivity index (χ0n) is 17.2.